The van der Waals surface area contributed by atoms with Crippen molar-refractivity contribution in [2.24, 2.45) is 0 Å². The summed E-state index contributed by atoms with van der Waals surface area (Å²) in [5, 5.41) is 26.0. The van der Waals surface area contributed by atoms with Gasteiger partial charge in [0.15, 0.2) is 11.6 Å². The van der Waals surface area contributed by atoms with Crippen molar-refractivity contribution in [1.29, 1.82) is 10.7 Å². The molecular formula is C17H18N10S. The molecule has 0 unspecified atom stereocenters. The van der Waals surface area contributed by atoms with Crippen LogP contribution in [0.4, 0.5) is 11.6 Å². The van der Waals surface area contributed by atoms with Gasteiger partial charge in [-0.15, -0.1) is 5.53 Å². The van der Waals surface area contributed by atoms with Crippen LogP contribution in [0.3, 0.4) is 0 Å². The van der Waals surface area contributed by atoms with Gasteiger partial charge in [-0.1, -0.05) is 11.8 Å². The fraction of sp³-hybridized carbons (Fsp3) is 0.235. The molecule has 0 atom stereocenters. The predicted octanol–water partition coefficient (Wildman–Crippen LogP) is 1.62. The minimum atomic E-state index is 0.188. The number of hydrogen-bond acceptors (Lipinski definition) is 10. The van der Waals surface area contributed by atoms with E-state index in [1.807, 2.05) is 24.2 Å². The molecule has 0 bridgehead atoms. The molecule has 0 aliphatic carbocycles. The van der Waals surface area contributed by atoms with E-state index in [4.69, 9.17) is 15.7 Å². The molecule has 4 N–H and O–H groups in total. The third-order valence-electron chi connectivity index (χ3n) is 4.04. The molecule has 2 aromatic heterocycles. The van der Waals surface area contributed by atoms with E-state index in [0.29, 0.717) is 29.6 Å². The van der Waals surface area contributed by atoms with Crippen molar-refractivity contribution in [3.05, 3.63) is 40.7 Å². The molecule has 142 valence electrons. The van der Waals surface area contributed by atoms with Crippen molar-refractivity contribution in [2.45, 2.75) is 13.5 Å². The highest BCUT2D eigenvalue weighted by Crippen LogP contribution is 2.36. The second kappa shape index (κ2) is 7.71. The van der Waals surface area contributed by atoms with Crippen molar-refractivity contribution in [3.8, 4) is 17.3 Å². The van der Waals surface area contributed by atoms with Crippen LogP contribution in [0.15, 0.2) is 40.7 Å². The van der Waals surface area contributed by atoms with Gasteiger partial charge in [0.25, 0.3) is 0 Å². The molecule has 0 spiro atoms. The van der Waals surface area contributed by atoms with Gasteiger partial charge in [0.2, 0.25) is 0 Å². The van der Waals surface area contributed by atoms with E-state index in [9.17, 15) is 0 Å². The maximum absolute atomic E-state index is 8.79. The highest BCUT2D eigenvalue weighted by molar-refractivity contribution is 8.08. The van der Waals surface area contributed by atoms with Gasteiger partial charge in [-0.25, -0.2) is 9.97 Å². The van der Waals surface area contributed by atoms with E-state index in [-0.39, 0.29) is 6.54 Å². The Kier molecular flexibility index (Phi) is 4.96. The van der Waals surface area contributed by atoms with E-state index >= 15 is 0 Å². The second-order valence-electron chi connectivity index (χ2n) is 6.03. The van der Waals surface area contributed by atoms with Crippen molar-refractivity contribution in [1.82, 2.24) is 30.6 Å². The Bertz CT molecular complexity index is 1020. The van der Waals surface area contributed by atoms with Crippen LogP contribution < -0.4 is 21.3 Å². The van der Waals surface area contributed by atoms with Crippen LogP contribution in [0.1, 0.15) is 6.92 Å². The predicted molar refractivity (Wildman–Crippen MR) is 108 cm³/mol. The van der Waals surface area contributed by atoms with Crippen molar-refractivity contribution < 1.29 is 0 Å². The van der Waals surface area contributed by atoms with E-state index in [1.165, 1.54) is 0 Å². The fourth-order valence-corrected chi connectivity index (χ4v) is 3.69. The Morgan fingerprint density at radius 2 is 2.32 bits per heavy atom. The number of thioether (sulfide) groups is 1. The molecule has 4 heterocycles. The third-order valence-corrected chi connectivity index (χ3v) is 5.11. The first kappa shape index (κ1) is 18.0. The number of fused-ring (bicyclic) bond motifs is 1. The third kappa shape index (κ3) is 3.55. The maximum Gasteiger partial charge on any atom is 0.190 e. The first-order valence-electron chi connectivity index (χ1n) is 8.65. The SMILES string of the molecule is CCN/C=C1/SC(CN2NNc3ncc(-c4cnn(CC#N)c4)nc32)=CC1=N. The minimum Gasteiger partial charge on any atom is -0.390 e. The van der Waals surface area contributed by atoms with Gasteiger partial charge in [-0.3, -0.25) is 20.5 Å². The van der Waals surface area contributed by atoms with E-state index in [0.717, 1.165) is 21.9 Å². The highest BCUT2D eigenvalue weighted by Gasteiger charge is 2.26. The van der Waals surface area contributed by atoms with Crippen LogP contribution >= 0.6 is 11.8 Å². The molecule has 2 aliphatic rings. The Balaban J connectivity index is 1.52. The average Bonchev–Trinajstić information content (AvgIpc) is 3.40. The first-order chi connectivity index (χ1) is 13.7. The molecular weight excluding hydrogens is 376 g/mol. The quantitative estimate of drug-likeness (QED) is 0.577. The van der Waals surface area contributed by atoms with Crippen LogP contribution in [-0.4, -0.2) is 38.5 Å². The van der Waals surface area contributed by atoms with Gasteiger partial charge >= 0.3 is 0 Å². The van der Waals surface area contributed by atoms with Gasteiger partial charge in [-0.2, -0.15) is 10.4 Å². The zero-order valence-electron chi connectivity index (χ0n) is 15.1. The van der Waals surface area contributed by atoms with Crippen LogP contribution in [0.5, 0.6) is 0 Å². The Labute approximate surface area is 165 Å². The normalized spacial score (nSPS) is 16.7. The smallest absolute Gasteiger partial charge is 0.190 e. The minimum absolute atomic E-state index is 0.188. The number of hydrogen-bond donors (Lipinski definition) is 4. The van der Waals surface area contributed by atoms with Crippen LogP contribution in [0.2, 0.25) is 0 Å². The summed E-state index contributed by atoms with van der Waals surface area (Å²) in [5.74, 6) is 1.30. The van der Waals surface area contributed by atoms with Gasteiger partial charge in [0.1, 0.15) is 6.54 Å². The second-order valence-corrected chi connectivity index (χ2v) is 7.20. The summed E-state index contributed by atoms with van der Waals surface area (Å²) >= 11 is 1.56. The molecule has 11 heteroatoms. The van der Waals surface area contributed by atoms with E-state index in [2.05, 4.69) is 32.4 Å². The van der Waals surface area contributed by atoms with Crippen molar-refractivity contribution >= 4 is 29.1 Å². The molecule has 2 aliphatic heterocycles. The van der Waals surface area contributed by atoms with Crippen LogP contribution in [0, 0.1) is 16.7 Å². The van der Waals surface area contributed by atoms with Gasteiger partial charge < -0.3 is 5.32 Å². The molecule has 0 amide bonds. The van der Waals surface area contributed by atoms with E-state index in [1.54, 1.807) is 35.0 Å². The summed E-state index contributed by atoms with van der Waals surface area (Å²) in [6.07, 6.45) is 8.84. The lowest BCUT2D eigenvalue weighted by Gasteiger charge is -2.17. The Hall–Kier alpha value is -3.36. The van der Waals surface area contributed by atoms with Gasteiger partial charge in [-0.05, 0) is 13.0 Å². The number of anilines is 2. The van der Waals surface area contributed by atoms with Crippen LogP contribution in [0.25, 0.3) is 11.3 Å². The molecule has 0 saturated heterocycles. The molecule has 28 heavy (non-hydrogen) atoms. The zero-order valence-corrected chi connectivity index (χ0v) is 15.9. The summed E-state index contributed by atoms with van der Waals surface area (Å²) in [4.78, 5) is 11.0. The molecule has 4 rings (SSSR count). The summed E-state index contributed by atoms with van der Waals surface area (Å²) in [6.45, 7) is 3.57. The highest BCUT2D eigenvalue weighted by atomic mass is 32.2. The molecule has 0 radical (unpaired) electrons. The number of nitrogens with one attached hydrogen (secondary N) is 4. The van der Waals surface area contributed by atoms with Gasteiger partial charge in [0.05, 0.1) is 41.3 Å². The fourth-order valence-electron chi connectivity index (χ4n) is 2.73. The monoisotopic (exact) mass is 394 g/mol. The Morgan fingerprint density at radius 1 is 1.43 bits per heavy atom. The summed E-state index contributed by atoms with van der Waals surface area (Å²) in [7, 11) is 0. The molecule has 2 aromatic rings. The lowest BCUT2D eigenvalue weighted by molar-refractivity contribution is 0.710. The van der Waals surface area contributed by atoms with Gasteiger partial charge in [0, 0.05) is 29.4 Å². The number of hydrazine groups is 2. The average molecular weight is 394 g/mol. The van der Waals surface area contributed by atoms with Crippen molar-refractivity contribution in [3.63, 3.8) is 0 Å². The largest absolute Gasteiger partial charge is 0.390 e. The number of rotatable bonds is 6. The zero-order chi connectivity index (χ0) is 19.5. The summed E-state index contributed by atoms with van der Waals surface area (Å²) in [6, 6.07) is 2.06. The first-order valence-corrected chi connectivity index (χ1v) is 9.46. The molecule has 10 nitrogen and oxygen atoms in total. The summed E-state index contributed by atoms with van der Waals surface area (Å²) < 4.78 is 1.56. The number of allylic oxidation sites excluding steroid dienone is 2. The standard InChI is InChI=1S/C17H18N10S/c1-2-20-8-15-13(19)5-12(28-15)10-27-17-16(24-25-27)21-7-14(23-17)11-6-22-26(9-11)4-3-18/h5-9,19-20,25H,2,4,10H2,1H3,(H,21,24)/b15-8+,19-13?. The lowest BCUT2D eigenvalue weighted by atomic mass is 10.2. The maximum atomic E-state index is 8.79. The summed E-state index contributed by atoms with van der Waals surface area (Å²) in [5.41, 5.74) is 8.03. The lowest BCUT2D eigenvalue weighted by Crippen LogP contribution is -2.37. The molecule has 0 aromatic carbocycles. The van der Waals surface area contributed by atoms with Crippen LogP contribution in [-0.2, 0) is 6.54 Å². The topological polar surface area (TPSA) is 131 Å². The number of nitriles is 1. The van der Waals surface area contributed by atoms with E-state index < -0.39 is 0 Å². The number of nitrogens with zero attached hydrogens (tertiary/aromatic N) is 6. The Morgan fingerprint density at radius 3 is 3.14 bits per heavy atom. The molecule has 0 fully saturated rings. The van der Waals surface area contributed by atoms with Crippen molar-refractivity contribution in [2.75, 3.05) is 23.5 Å². The number of aromatic nitrogens is 4. The molecule has 0 saturated carbocycles.